The van der Waals surface area contributed by atoms with Crippen molar-refractivity contribution in [2.75, 3.05) is 0 Å². The van der Waals surface area contributed by atoms with Crippen LogP contribution in [0.2, 0.25) is 0 Å². The van der Waals surface area contributed by atoms with E-state index < -0.39 is 0 Å². The molecule has 1 nitrogen and oxygen atoms in total. The average Bonchev–Trinajstić information content (AvgIpc) is 2.23. The van der Waals surface area contributed by atoms with Crippen LogP contribution in [0.15, 0.2) is 12.2 Å². The smallest absolute Gasteiger partial charge is 0.0339 e. The first-order valence-corrected chi connectivity index (χ1v) is 6.43. The summed E-state index contributed by atoms with van der Waals surface area (Å²) in [5.41, 5.74) is 0.829. The van der Waals surface area contributed by atoms with Crippen molar-refractivity contribution in [1.82, 2.24) is 0 Å². The molecule has 0 heterocycles. The van der Waals surface area contributed by atoms with E-state index in [1.54, 1.807) is 0 Å². The van der Waals surface area contributed by atoms with Crippen molar-refractivity contribution in [3.05, 3.63) is 12.2 Å². The monoisotopic (exact) mass is 205 g/mol. The zero-order valence-corrected chi connectivity index (χ0v) is 10.00. The molecule has 0 aromatic heterocycles. The fourth-order valence-corrected chi connectivity index (χ4v) is 3.07. The van der Waals surface area contributed by atoms with Gasteiger partial charge in [0, 0.05) is 5.71 Å². The first-order chi connectivity index (χ1) is 7.16. The molecule has 2 aliphatic carbocycles. The third kappa shape index (κ3) is 2.50. The van der Waals surface area contributed by atoms with Gasteiger partial charge in [0.15, 0.2) is 0 Å². The number of hydrogen-bond donors (Lipinski definition) is 1. The highest BCUT2D eigenvalue weighted by atomic mass is 14.4. The third-order valence-electron chi connectivity index (χ3n) is 4.35. The minimum absolute atomic E-state index is 0.486. The molecule has 1 saturated carbocycles. The Bertz CT molecular complexity index is 259. The van der Waals surface area contributed by atoms with Gasteiger partial charge in [-0.05, 0) is 49.0 Å². The van der Waals surface area contributed by atoms with Crippen LogP contribution in [-0.4, -0.2) is 5.71 Å². The van der Waals surface area contributed by atoms with E-state index >= 15 is 0 Å². The molecule has 2 rings (SSSR count). The Labute approximate surface area is 93.5 Å². The van der Waals surface area contributed by atoms with Gasteiger partial charge >= 0.3 is 0 Å². The maximum absolute atomic E-state index is 7.74. The van der Waals surface area contributed by atoms with Crippen LogP contribution in [0.25, 0.3) is 0 Å². The van der Waals surface area contributed by atoms with Crippen LogP contribution < -0.4 is 0 Å². The van der Waals surface area contributed by atoms with Crippen molar-refractivity contribution in [3.63, 3.8) is 0 Å². The van der Waals surface area contributed by atoms with Crippen molar-refractivity contribution < 1.29 is 0 Å². The second kappa shape index (κ2) is 4.51. The van der Waals surface area contributed by atoms with E-state index in [1.165, 1.54) is 32.1 Å². The molecule has 2 aliphatic rings. The van der Waals surface area contributed by atoms with Crippen LogP contribution in [0, 0.1) is 29.1 Å². The summed E-state index contributed by atoms with van der Waals surface area (Å²) in [7, 11) is 0. The predicted octanol–water partition coefficient (Wildman–Crippen LogP) is 4.04. The molecule has 2 atom stereocenters. The van der Waals surface area contributed by atoms with Crippen LogP contribution in [0.5, 0.6) is 0 Å². The molecular formula is C14H23N. The molecule has 0 aliphatic heterocycles. The molecule has 0 saturated heterocycles. The van der Waals surface area contributed by atoms with Gasteiger partial charge in [0.1, 0.15) is 0 Å². The topological polar surface area (TPSA) is 23.9 Å². The quantitative estimate of drug-likeness (QED) is 0.668. The summed E-state index contributed by atoms with van der Waals surface area (Å²) in [5, 5.41) is 7.74. The molecule has 2 unspecified atom stereocenters. The summed E-state index contributed by atoms with van der Waals surface area (Å²) in [6.45, 7) is 4.58. The van der Waals surface area contributed by atoms with E-state index in [0.717, 1.165) is 23.5 Å². The molecule has 0 aromatic rings. The number of rotatable bonds is 1. The Morgan fingerprint density at radius 3 is 2.40 bits per heavy atom. The summed E-state index contributed by atoms with van der Waals surface area (Å²) in [6.07, 6.45) is 11.2. The van der Waals surface area contributed by atoms with Gasteiger partial charge in [0.2, 0.25) is 0 Å². The summed E-state index contributed by atoms with van der Waals surface area (Å²) in [5.74, 6) is 3.11. The molecule has 0 bridgehead atoms. The van der Waals surface area contributed by atoms with Gasteiger partial charge in [-0.25, -0.2) is 0 Å². The first kappa shape index (κ1) is 10.9. The van der Waals surface area contributed by atoms with Crippen molar-refractivity contribution in [1.29, 1.82) is 5.41 Å². The number of nitrogens with one attached hydrogen (secondary N) is 1. The van der Waals surface area contributed by atoms with E-state index in [0.29, 0.717) is 5.92 Å². The highest BCUT2D eigenvalue weighted by molar-refractivity contribution is 5.94. The lowest BCUT2D eigenvalue weighted by Gasteiger charge is -2.34. The Morgan fingerprint density at radius 2 is 1.80 bits per heavy atom. The lowest BCUT2D eigenvalue weighted by Crippen LogP contribution is -2.25. The first-order valence-electron chi connectivity index (χ1n) is 6.43. The maximum Gasteiger partial charge on any atom is 0.0339 e. The molecule has 1 heteroatoms. The molecule has 15 heavy (non-hydrogen) atoms. The minimum Gasteiger partial charge on any atom is -0.305 e. The lowest BCUT2D eigenvalue weighted by molar-refractivity contribution is 0.224. The third-order valence-corrected chi connectivity index (χ3v) is 4.35. The number of hydrogen-bond acceptors (Lipinski definition) is 1. The zero-order chi connectivity index (χ0) is 10.8. The number of allylic oxidation sites excluding steroid dienone is 2. The van der Waals surface area contributed by atoms with E-state index in [2.05, 4.69) is 26.0 Å². The van der Waals surface area contributed by atoms with Crippen molar-refractivity contribution in [2.24, 2.45) is 23.7 Å². The summed E-state index contributed by atoms with van der Waals surface area (Å²) in [6, 6.07) is 0. The van der Waals surface area contributed by atoms with Crippen molar-refractivity contribution in [3.8, 4) is 0 Å². The van der Waals surface area contributed by atoms with Crippen LogP contribution in [-0.2, 0) is 0 Å². The molecule has 1 fully saturated rings. The standard InChI is InChI=1S/C14H23N/c1-10-3-5-12(6-4-10)13-7-8-14(15)11(2)9-13/h7-8,10-13,15H,3-6,9H2,1-2H3. The second-order valence-electron chi connectivity index (χ2n) is 5.64. The fraction of sp³-hybridized carbons (Fsp3) is 0.786. The zero-order valence-electron chi connectivity index (χ0n) is 10.00. The van der Waals surface area contributed by atoms with Gasteiger partial charge in [-0.3, -0.25) is 0 Å². The fourth-order valence-electron chi connectivity index (χ4n) is 3.07. The van der Waals surface area contributed by atoms with E-state index in [1.807, 2.05) is 0 Å². The SMILES string of the molecule is CC1CCC(C2C=CC(=N)C(C)C2)CC1. The Hall–Kier alpha value is -0.590. The van der Waals surface area contributed by atoms with E-state index in [4.69, 9.17) is 5.41 Å². The van der Waals surface area contributed by atoms with E-state index in [9.17, 15) is 0 Å². The summed E-state index contributed by atoms with van der Waals surface area (Å²) < 4.78 is 0. The molecule has 0 radical (unpaired) electrons. The van der Waals surface area contributed by atoms with Crippen LogP contribution in [0.4, 0.5) is 0 Å². The average molecular weight is 205 g/mol. The minimum atomic E-state index is 0.486. The van der Waals surface area contributed by atoms with Crippen molar-refractivity contribution in [2.45, 2.75) is 46.0 Å². The van der Waals surface area contributed by atoms with Gasteiger partial charge in [-0.2, -0.15) is 0 Å². The summed E-state index contributed by atoms with van der Waals surface area (Å²) in [4.78, 5) is 0. The summed E-state index contributed by atoms with van der Waals surface area (Å²) >= 11 is 0. The van der Waals surface area contributed by atoms with Gasteiger partial charge in [0.25, 0.3) is 0 Å². The molecule has 84 valence electrons. The normalized spacial score (nSPS) is 41.9. The molecule has 1 N–H and O–H groups in total. The maximum atomic E-state index is 7.74. The lowest BCUT2D eigenvalue weighted by atomic mass is 9.71. The Balaban J connectivity index is 1.94. The molecular weight excluding hydrogens is 182 g/mol. The van der Waals surface area contributed by atoms with Crippen LogP contribution in [0.3, 0.4) is 0 Å². The van der Waals surface area contributed by atoms with Crippen LogP contribution >= 0.6 is 0 Å². The van der Waals surface area contributed by atoms with Gasteiger partial charge in [-0.1, -0.05) is 32.8 Å². The Morgan fingerprint density at radius 1 is 1.13 bits per heavy atom. The van der Waals surface area contributed by atoms with Gasteiger partial charge < -0.3 is 5.41 Å². The van der Waals surface area contributed by atoms with Crippen LogP contribution in [0.1, 0.15) is 46.0 Å². The van der Waals surface area contributed by atoms with Gasteiger partial charge in [0.05, 0.1) is 0 Å². The largest absolute Gasteiger partial charge is 0.305 e. The molecule has 0 spiro atoms. The van der Waals surface area contributed by atoms with E-state index in [-0.39, 0.29) is 0 Å². The second-order valence-corrected chi connectivity index (χ2v) is 5.64. The van der Waals surface area contributed by atoms with Gasteiger partial charge in [-0.15, -0.1) is 0 Å². The van der Waals surface area contributed by atoms with Crippen molar-refractivity contribution >= 4 is 5.71 Å². The Kier molecular flexibility index (Phi) is 3.28. The molecule has 0 aromatic carbocycles. The predicted molar refractivity (Wildman–Crippen MR) is 65.3 cm³/mol. The highest BCUT2D eigenvalue weighted by Crippen LogP contribution is 2.38. The highest BCUT2D eigenvalue weighted by Gasteiger charge is 2.28. The molecule has 0 amide bonds.